The molecular weight excluding hydrogens is 338 g/mol. The summed E-state index contributed by atoms with van der Waals surface area (Å²) in [5.41, 5.74) is 0.710. The first-order chi connectivity index (χ1) is 9.97. The van der Waals surface area contributed by atoms with Gasteiger partial charge in [-0.2, -0.15) is 0 Å². The Balaban J connectivity index is 2.04. The van der Waals surface area contributed by atoms with E-state index in [9.17, 15) is 15.2 Å². The van der Waals surface area contributed by atoms with Crippen LogP contribution in [0.4, 0.5) is 11.5 Å². The molecule has 2 aromatic rings. The highest BCUT2D eigenvalue weighted by atomic mass is 79.9. The third-order valence-electron chi connectivity index (χ3n) is 3.02. The summed E-state index contributed by atoms with van der Waals surface area (Å²) in [6, 6.07) is 9.97. The van der Waals surface area contributed by atoms with Crippen LogP contribution in [0, 0.1) is 10.1 Å². The molecule has 0 radical (unpaired) electrons. The minimum Gasteiger partial charge on any atom is -0.386 e. The minimum absolute atomic E-state index is 0.0679. The molecule has 0 aliphatic carbocycles. The zero-order valence-corrected chi connectivity index (χ0v) is 12.8. The minimum atomic E-state index is -0.713. The van der Waals surface area contributed by atoms with Crippen LogP contribution < -0.4 is 5.32 Å². The number of nitro groups is 1. The van der Waals surface area contributed by atoms with Crippen LogP contribution in [0.1, 0.15) is 18.6 Å². The van der Waals surface area contributed by atoms with E-state index in [2.05, 4.69) is 26.2 Å². The number of aliphatic hydroxyl groups excluding tert-OH is 1. The van der Waals surface area contributed by atoms with E-state index in [4.69, 9.17) is 0 Å². The molecule has 2 atom stereocenters. The van der Waals surface area contributed by atoms with Crippen molar-refractivity contribution in [1.29, 1.82) is 0 Å². The van der Waals surface area contributed by atoms with Gasteiger partial charge in [0.25, 0.3) is 5.69 Å². The Morgan fingerprint density at radius 2 is 1.95 bits per heavy atom. The third kappa shape index (κ3) is 3.99. The molecular formula is C14H14BrN3O3. The number of rotatable bonds is 5. The van der Waals surface area contributed by atoms with Crippen LogP contribution in [-0.2, 0) is 0 Å². The molecule has 0 unspecified atom stereocenters. The lowest BCUT2D eigenvalue weighted by molar-refractivity contribution is -0.385. The van der Waals surface area contributed by atoms with E-state index in [0.29, 0.717) is 5.82 Å². The molecule has 21 heavy (non-hydrogen) atoms. The van der Waals surface area contributed by atoms with Gasteiger partial charge in [-0.15, -0.1) is 0 Å². The lowest BCUT2D eigenvalue weighted by atomic mass is 10.0. The quantitative estimate of drug-likeness (QED) is 0.637. The van der Waals surface area contributed by atoms with Crippen molar-refractivity contribution in [3.63, 3.8) is 0 Å². The zero-order valence-electron chi connectivity index (χ0n) is 11.2. The Kier molecular flexibility index (Phi) is 4.87. The molecule has 1 aromatic carbocycles. The molecule has 7 heteroatoms. The maximum absolute atomic E-state index is 10.6. The van der Waals surface area contributed by atoms with Crippen LogP contribution in [0.25, 0.3) is 0 Å². The van der Waals surface area contributed by atoms with Crippen molar-refractivity contribution in [2.24, 2.45) is 0 Å². The van der Waals surface area contributed by atoms with Gasteiger partial charge in [0.15, 0.2) is 0 Å². The SMILES string of the molecule is C[C@H](Nc1ccc([N+](=O)[O-])cn1)[C@@H](O)c1ccc(Br)cc1. The largest absolute Gasteiger partial charge is 0.386 e. The van der Waals surface area contributed by atoms with Crippen LogP contribution in [0.3, 0.4) is 0 Å². The molecule has 0 aliphatic rings. The summed E-state index contributed by atoms with van der Waals surface area (Å²) < 4.78 is 0.941. The fraction of sp³-hybridized carbons (Fsp3) is 0.214. The first-order valence-corrected chi connectivity index (χ1v) is 7.07. The van der Waals surface area contributed by atoms with Crippen molar-refractivity contribution in [3.8, 4) is 0 Å². The number of anilines is 1. The molecule has 1 aromatic heterocycles. The van der Waals surface area contributed by atoms with Gasteiger partial charge in [0.2, 0.25) is 0 Å². The predicted molar refractivity (Wildman–Crippen MR) is 83.1 cm³/mol. The number of aliphatic hydroxyl groups is 1. The molecule has 0 amide bonds. The Bertz CT molecular complexity index is 616. The number of nitrogens with zero attached hydrogens (tertiary/aromatic N) is 2. The van der Waals surface area contributed by atoms with E-state index in [1.165, 1.54) is 18.3 Å². The van der Waals surface area contributed by atoms with Crippen molar-refractivity contribution < 1.29 is 10.0 Å². The summed E-state index contributed by atoms with van der Waals surface area (Å²) in [5, 5.41) is 23.9. The third-order valence-corrected chi connectivity index (χ3v) is 3.55. The van der Waals surface area contributed by atoms with Crippen molar-refractivity contribution in [2.45, 2.75) is 19.1 Å². The fourth-order valence-corrected chi connectivity index (χ4v) is 2.10. The highest BCUT2D eigenvalue weighted by molar-refractivity contribution is 9.10. The average Bonchev–Trinajstić information content (AvgIpc) is 2.47. The van der Waals surface area contributed by atoms with Gasteiger partial charge in [-0.3, -0.25) is 10.1 Å². The Hall–Kier alpha value is -1.99. The highest BCUT2D eigenvalue weighted by Crippen LogP contribution is 2.22. The number of hydrogen-bond acceptors (Lipinski definition) is 5. The second-order valence-corrected chi connectivity index (χ2v) is 5.50. The van der Waals surface area contributed by atoms with Gasteiger partial charge >= 0.3 is 0 Å². The number of hydrogen-bond donors (Lipinski definition) is 2. The lowest BCUT2D eigenvalue weighted by Gasteiger charge is -2.21. The number of aromatic nitrogens is 1. The second-order valence-electron chi connectivity index (χ2n) is 4.59. The highest BCUT2D eigenvalue weighted by Gasteiger charge is 2.17. The molecule has 6 nitrogen and oxygen atoms in total. The Morgan fingerprint density at radius 1 is 1.29 bits per heavy atom. The summed E-state index contributed by atoms with van der Waals surface area (Å²) in [5.74, 6) is 0.476. The predicted octanol–water partition coefficient (Wildman–Crippen LogP) is 3.29. The maximum atomic E-state index is 10.6. The summed E-state index contributed by atoms with van der Waals surface area (Å²) in [6.07, 6.45) is 0.469. The van der Waals surface area contributed by atoms with E-state index in [0.717, 1.165) is 10.0 Å². The summed E-state index contributed by atoms with van der Waals surface area (Å²) in [7, 11) is 0. The molecule has 0 saturated carbocycles. The van der Waals surface area contributed by atoms with Gasteiger partial charge in [-0.05, 0) is 30.7 Å². The fourth-order valence-electron chi connectivity index (χ4n) is 1.84. The van der Waals surface area contributed by atoms with Crippen molar-refractivity contribution in [2.75, 3.05) is 5.32 Å². The molecule has 2 N–H and O–H groups in total. The van der Waals surface area contributed by atoms with Crippen LogP contribution >= 0.6 is 15.9 Å². The number of nitrogens with one attached hydrogen (secondary N) is 1. The Morgan fingerprint density at radius 3 is 2.48 bits per heavy atom. The summed E-state index contributed by atoms with van der Waals surface area (Å²) in [6.45, 7) is 1.82. The molecule has 2 rings (SSSR count). The normalized spacial score (nSPS) is 13.5. The van der Waals surface area contributed by atoms with Crippen LogP contribution in [0.15, 0.2) is 47.1 Å². The standard InChI is InChI=1S/C14H14BrN3O3/c1-9(14(19)10-2-4-11(15)5-3-10)17-13-7-6-12(8-16-13)18(20)21/h2-9,14,19H,1H3,(H,16,17)/t9-,14+/m0/s1. The molecule has 0 aliphatic heterocycles. The van der Waals surface area contributed by atoms with Crippen molar-refractivity contribution in [3.05, 3.63) is 62.7 Å². The van der Waals surface area contributed by atoms with Crippen LogP contribution in [0.5, 0.6) is 0 Å². The van der Waals surface area contributed by atoms with Crippen molar-refractivity contribution in [1.82, 2.24) is 4.98 Å². The van der Waals surface area contributed by atoms with Crippen molar-refractivity contribution >= 4 is 27.4 Å². The first-order valence-electron chi connectivity index (χ1n) is 6.28. The summed E-state index contributed by atoms with van der Waals surface area (Å²) >= 11 is 3.34. The second kappa shape index (κ2) is 6.64. The first kappa shape index (κ1) is 15.4. The number of pyridine rings is 1. The smallest absolute Gasteiger partial charge is 0.287 e. The molecule has 0 saturated heterocycles. The van der Waals surface area contributed by atoms with E-state index in [1.54, 1.807) is 0 Å². The van der Waals surface area contributed by atoms with Gasteiger partial charge in [0.05, 0.1) is 17.1 Å². The van der Waals surface area contributed by atoms with E-state index in [-0.39, 0.29) is 11.7 Å². The van der Waals surface area contributed by atoms with Crippen LogP contribution in [-0.4, -0.2) is 21.1 Å². The number of halogens is 1. The topological polar surface area (TPSA) is 88.3 Å². The maximum Gasteiger partial charge on any atom is 0.287 e. The molecule has 0 bridgehead atoms. The van der Waals surface area contributed by atoms with E-state index in [1.807, 2.05) is 31.2 Å². The van der Waals surface area contributed by atoms with Crippen LogP contribution in [0.2, 0.25) is 0 Å². The van der Waals surface area contributed by atoms with Gasteiger partial charge < -0.3 is 10.4 Å². The number of benzene rings is 1. The molecule has 1 heterocycles. The zero-order chi connectivity index (χ0) is 15.4. The summed E-state index contributed by atoms with van der Waals surface area (Å²) in [4.78, 5) is 14.0. The van der Waals surface area contributed by atoms with E-state index >= 15 is 0 Å². The van der Waals surface area contributed by atoms with E-state index < -0.39 is 11.0 Å². The molecule has 110 valence electrons. The average molecular weight is 352 g/mol. The Labute approximate surface area is 130 Å². The van der Waals surface area contributed by atoms with Gasteiger partial charge in [0, 0.05) is 10.5 Å². The molecule has 0 fully saturated rings. The molecule has 0 spiro atoms. The van der Waals surface area contributed by atoms with Gasteiger partial charge in [-0.25, -0.2) is 4.98 Å². The van der Waals surface area contributed by atoms with Gasteiger partial charge in [0.1, 0.15) is 12.0 Å². The monoisotopic (exact) mass is 351 g/mol. The lowest BCUT2D eigenvalue weighted by Crippen LogP contribution is -2.24. The van der Waals surface area contributed by atoms with Gasteiger partial charge in [-0.1, -0.05) is 28.1 Å².